The largest absolute Gasteiger partial charge is 0.469 e. The number of aliphatic hydroxyl groups is 1. The van der Waals surface area contributed by atoms with E-state index in [-0.39, 0.29) is 6.42 Å². The number of benzene rings is 1. The number of aryl methyl sites for hydroxylation is 1. The molecule has 4 nitrogen and oxygen atoms in total. The van der Waals surface area contributed by atoms with E-state index in [9.17, 15) is 9.90 Å². The quantitative estimate of drug-likeness (QED) is 0.822. The number of hydrogen-bond acceptors (Lipinski definition) is 3. The third-order valence-corrected chi connectivity index (χ3v) is 2.91. The summed E-state index contributed by atoms with van der Waals surface area (Å²) < 4.78 is 6.53. The zero-order valence-electron chi connectivity index (χ0n) is 9.88. The standard InChI is InChI=1S/C13H15NO3/c1-14-7-6-9-10(4-3-5-11(9)14)12(15)8-13(16)17-2/h3-7,12,15H,8H2,1-2H3. The molecular formula is C13H15NO3. The van der Waals surface area contributed by atoms with Gasteiger partial charge >= 0.3 is 5.97 Å². The van der Waals surface area contributed by atoms with Crippen LogP contribution in [-0.4, -0.2) is 22.8 Å². The van der Waals surface area contributed by atoms with Crippen LogP contribution in [0.5, 0.6) is 0 Å². The van der Waals surface area contributed by atoms with Gasteiger partial charge < -0.3 is 14.4 Å². The minimum Gasteiger partial charge on any atom is -0.469 e. The van der Waals surface area contributed by atoms with Crippen molar-refractivity contribution >= 4 is 16.9 Å². The van der Waals surface area contributed by atoms with Crippen LogP contribution in [0.3, 0.4) is 0 Å². The Balaban J connectivity index is 2.38. The first-order chi connectivity index (χ1) is 8.13. The highest BCUT2D eigenvalue weighted by atomic mass is 16.5. The first-order valence-electron chi connectivity index (χ1n) is 5.42. The smallest absolute Gasteiger partial charge is 0.308 e. The number of carbonyl (C=O) groups is 1. The number of carbonyl (C=O) groups excluding carboxylic acids is 1. The fourth-order valence-electron chi connectivity index (χ4n) is 1.97. The van der Waals surface area contributed by atoms with Crippen LogP contribution in [0.1, 0.15) is 18.1 Å². The molecule has 0 aliphatic rings. The van der Waals surface area contributed by atoms with Gasteiger partial charge in [0.05, 0.1) is 19.6 Å². The van der Waals surface area contributed by atoms with Gasteiger partial charge in [0, 0.05) is 24.1 Å². The van der Waals surface area contributed by atoms with Crippen LogP contribution in [0, 0.1) is 0 Å². The first-order valence-corrected chi connectivity index (χ1v) is 5.42. The van der Waals surface area contributed by atoms with Gasteiger partial charge in [-0.25, -0.2) is 0 Å². The van der Waals surface area contributed by atoms with Crippen LogP contribution in [0.4, 0.5) is 0 Å². The van der Waals surface area contributed by atoms with Crippen molar-refractivity contribution in [3.8, 4) is 0 Å². The van der Waals surface area contributed by atoms with E-state index in [0.29, 0.717) is 0 Å². The summed E-state index contributed by atoms with van der Waals surface area (Å²) in [4.78, 5) is 11.1. The number of ether oxygens (including phenoxy) is 1. The average Bonchev–Trinajstić information content (AvgIpc) is 2.71. The van der Waals surface area contributed by atoms with E-state index >= 15 is 0 Å². The third-order valence-electron chi connectivity index (χ3n) is 2.91. The molecule has 17 heavy (non-hydrogen) atoms. The average molecular weight is 233 g/mol. The number of esters is 1. The Kier molecular flexibility index (Phi) is 3.15. The normalized spacial score (nSPS) is 12.6. The van der Waals surface area contributed by atoms with Crippen molar-refractivity contribution in [1.29, 1.82) is 0 Å². The van der Waals surface area contributed by atoms with E-state index in [1.165, 1.54) is 7.11 Å². The third kappa shape index (κ3) is 2.17. The minimum atomic E-state index is -0.825. The molecule has 0 radical (unpaired) electrons. The number of hydrogen-bond donors (Lipinski definition) is 1. The van der Waals surface area contributed by atoms with Crippen molar-refractivity contribution < 1.29 is 14.6 Å². The monoisotopic (exact) mass is 233 g/mol. The van der Waals surface area contributed by atoms with Gasteiger partial charge in [0.2, 0.25) is 0 Å². The Bertz CT molecular complexity index is 545. The van der Waals surface area contributed by atoms with E-state index < -0.39 is 12.1 Å². The summed E-state index contributed by atoms with van der Waals surface area (Å²) in [7, 11) is 3.26. The number of aliphatic hydroxyl groups excluding tert-OH is 1. The summed E-state index contributed by atoms with van der Waals surface area (Å²) in [5, 5.41) is 11.0. The van der Waals surface area contributed by atoms with Crippen molar-refractivity contribution in [3.63, 3.8) is 0 Å². The van der Waals surface area contributed by atoms with Crippen LogP contribution in [0.25, 0.3) is 10.9 Å². The lowest BCUT2D eigenvalue weighted by Gasteiger charge is -2.11. The zero-order valence-corrected chi connectivity index (χ0v) is 9.88. The molecular weight excluding hydrogens is 218 g/mol. The van der Waals surface area contributed by atoms with Crippen LogP contribution in [-0.2, 0) is 16.6 Å². The molecule has 2 rings (SSSR count). The van der Waals surface area contributed by atoms with Crippen molar-refractivity contribution in [3.05, 3.63) is 36.0 Å². The minimum absolute atomic E-state index is 0.0233. The molecule has 1 N–H and O–H groups in total. The maximum Gasteiger partial charge on any atom is 0.308 e. The van der Waals surface area contributed by atoms with E-state index in [0.717, 1.165) is 16.5 Å². The number of fused-ring (bicyclic) bond motifs is 1. The number of nitrogens with zero attached hydrogens (tertiary/aromatic N) is 1. The Morgan fingerprint density at radius 3 is 2.94 bits per heavy atom. The molecule has 1 unspecified atom stereocenters. The zero-order chi connectivity index (χ0) is 12.4. The van der Waals surface area contributed by atoms with Crippen LogP contribution >= 0.6 is 0 Å². The highest BCUT2D eigenvalue weighted by Gasteiger charge is 2.16. The Labute approximate surface area is 99.4 Å². The fourth-order valence-corrected chi connectivity index (χ4v) is 1.97. The van der Waals surface area contributed by atoms with Crippen LogP contribution < -0.4 is 0 Å². The van der Waals surface area contributed by atoms with E-state index in [1.54, 1.807) is 0 Å². The maximum atomic E-state index is 11.1. The van der Waals surface area contributed by atoms with Crippen molar-refractivity contribution in [2.75, 3.05) is 7.11 Å². The van der Waals surface area contributed by atoms with E-state index in [1.807, 2.05) is 42.1 Å². The van der Waals surface area contributed by atoms with Gasteiger partial charge in [-0.2, -0.15) is 0 Å². The van der Waals surface area contributed by atoms with Crippen molar-refractivity contribution in [2.45, 2.75) is 12.5 Å². The van der Waals surface area contributed by atoms with Crippen LogP contribution in [0.15, 0.2) is 30.5 Å². The number of methoxy groups -OCH3 is 1. The van der Waals surface area contributed by atoms with Gasteiger partial charge in [-0.05, 0) is 17.7 Å². The summed E-state index contributed by atoms with van der Waals surface area (Å²) in [6, 6.07) is 7.61. The van der Waals surface area contributed by atoms with Gasteiger partial charge in [-0.3, -0.25) is 4.79 Å². The highest BCUT2D eigenvalue weighted by Crippen LogP contribution is 2.26. The molecule has 90 valence electrons. The Morgan fingerprint density at radius 2 is 2.24 bits per heavy atom. The molecule has 4 heteroatoms. The van der Waals surface area contributed by atoms with Gasteiger partial charge in [0.25, 0.3) is 0 Å². The maximum absolute atomic E-state index is 11.1. The van der Waals surface area contributed by atoms with Crippen molar-refractivity contribution in [2.24, 2.45) is 7.05 Å². The predicted molar refractivity (Wildman–Crippen MR) is 64.5 cm³/mol. The molecule has 0 saturated carbocycles. The molecule has 0 fully saturated rings. The second kappa shape index (κ2) is 4.59. The molecule has 1 aromatic heterocycles. The lowest BCUT2D eigenvalue weighted by atomic mass is 10.0. The van der Waals surface area contributed by atoms with Gasteiger partial charge in [0.15, 0.2) is 0 Å². The summed E-state index contributed by atoms with van der Waals surface area (Å²) >= 11 is 0. The second-order valence-electron chi connectivity index (χ2n) is 4.00. The number of aromatic nitrogens is 1. The molecule has 0 spiro atoms. The molecule has 1 heterocycles. The summed E-state index contributed by atoms with van der Waals surface area (Å²) in [5.74, 6) is -0.412. The summed E-state index contributed by atoms with van der Waals surface area (Å²) in [5.41, 5.74) is 1.79. The first kappa shape index (κ1) is 11.7. The molecule has 0 aliphatic heterocycles. The fraction of sp³-hybridized carbons (Fsp3) is 0.308. The van der Waals surface area contributed by atoms with Gasteiger partial charge in [0.1, 0.15) is 0 Å². The molecule has 0 aliphatic carbocycles. The molecule has 1 aromatic carbocycles. The Morgan fingerprint density at radius 1 is 1.47 bits per heavy atom. The molecule has 1 atom stereocenters. The highest BCUT2D eigenvalue weighted by molar-refractivity contribution is 5.84. The van der Waals surface area contributed by atoms with Crippen molar-refractivity contribution in [1.82, 2.24) is 4.57 Å². The second-order valence-corrected chi connectivity index (χ2v) is 4.00. The SMILES string of the molecule is COC(=O)CC(O)c1cccc2c1ccn2C. The summed E-state index contributed by atoms with van der Waals surface area (Å²) in [6.45, 7) is 0. The topological polar surface area (TPSA) is 51.5 Å². The lowest BCUT2D eigenvalue weighted by Crippen LogP contribution is -2.08. The van der Waals surface area contributed by atoms with Crippen LogP contribution in [0.2, 0.25) is 0 Å². The molecule has 0 saturated heterocycles. The lowest BCUT2D eigenvalue weighted by molar-refractivity contribution is -0.142. The molecule has 0 amide bonds. The van der Waals surface area contributed by atoms with Gasteiger partial charge in [-0.1, -0.05) is 12.1 Å². The molecule has 2 aromatic rings. The number of rotatable bonds is 3. The Hall–Kier alpha value is -1.81. The predicted octanol–water partition coefficient (Wildman–Crippen LogP) is 1.77. The molecule has 0 bridgehead atoms. The summed E-state index contributed by atoms with van der Waals surface area (Å²) in [6.07, 6.45) is 1.08. The van der Waals surface area contributed by atoms with E-state index in [2.05, 4.69) is 4.74 Å². The van der Waals surface area contributed by atoms with E-state index in [4.69, 9.17) is 0 Å². The van der Waals surface area contributed by atoms with Gasteiger partial charge in [-0.15, -0.1) is 0 Å².